The van der Waals surface area contributed by atoms with Crippen LogP contribution >= 0.6 is 0 Å². The van der Waals surface area contributed by atoms with E-state index >= 15 is 0 Å². The Morgan fingerprint density at radius 1 is 1.53 bits per heavy atom. The Labute approximate surface area is 97.9 Å². The molecular formula is C11H12N2O4. The molecule has 1 rings (SSSR count). The van der Waals surface area contributed by atoms with Gasteiger partial charge in [0.1, 0.15) is 6.10 Å². The number of nitro groups is 1. The highest BCUT2D eigenvalue weighted by Gasteiger charge is 2.27. The van der Waals surface area contributed by atoms with Crippen LogP contribution in [0.25, 0.3) is 0 Å². The number of para-hydroxylation sites is 1. The number of benzene rings is 1. The van der Waals surface area contributed by atoms with E-state index in [0.29, 0.717) is 5.56 Å². The third kappa shape index (κ3) is 2.78. The molecule has 17 heavy (non-hydrogen) atoms. The van der Waals surface area contributed by atoms with Gasteiger partial charge in [0.25, 0.3) is 5.69 Å². The largest absolute Gasteiger partial charge is 0.389 e. The van der Waals surface area contributed by atoms with Gasteiger partial charge >= 0.3 is 0 Å². The maximum atomic E-state index is 10.9. The molecule has 2 N–H and O–H groups in total. The Balaban J connectivity index is 3.18. The number of aliphatic hydroxyl groups excluding tert-OH is 2. The van der Waals surface area contributed by atoms with Gasteiger partial charge in [0.2, 0.25) is 0 Å². The molecule has 0 amide bonds. The van der Waals surface area contributed by atoms with Crippen molar-refractivity contribution in [2.75, 3.05) is 0 Å². The molecule has 1 aromatic carbocycles. The van der Waals surface area contributed by atoms with Gasteiger partial charge in [0, 0.05) is 5.56 Å². The maximum Gasteiger partial charge on any atom is 0.278 e. The van der Waals surface area contributed by atoms with Crippen LogP contribution in [0.5, 0.6) is 0 Å². The summed E-state index contributed by atoms with van der Waals surface area (Å²) in [5.41, 5.74) is 0.199. The minimum atomic E-state index is -1.44. The zero-order valence-electron chi connectivity index (χ0n) is 9.20. The van der Waals surface area contributed by atoms with Gasteiger partial charge in [-0.15, -0.1) is 0 Å². The summed E-state index contributed by atoms with van der Waals surface area (Å²) in [6.45, 7) is 1.55. The Morgan fingerprint density at radius 2 is 2.18 bits per heavy atom. The second-order valence-electron chi connectivity index (χ2n) is 3.64. The lowest BCUT2D eigenvalue weighted by Crippen LogP contribution is -2.18. The average Bonchev–Trinajstić information content (AvgIpc) is 2.27. The van der Waals surface area contributed by atoms with Crippen molar-refractivity contribution in [3.05, 3.63) is 39.4 Å². The van der Waals surface area contributed by atoms with Crippen molar-refractivity contribution in [1.82, 2.24) is 0 Å². The van der Waals surface area contributed by atoms with E-state index in [0.717, 1.165) is 0 Å². The summed E-state index contributed by atoms with van der Waals surface area (Å²) in [6.07, 6.45) is -3.05. The number of nitriles is 1. The van der Waals surface area contributed by atoms with Gasteiger partial charge in [-0.3, -0.25) is 10.1 Å². The van der Waals surface area contributed by atoms with Crippen molar-refractivity contribution in [2.45, 2.75) is 25.6 Å². The monoisotopic (exact) mass is 236 g/mol. The number of hydrogen-bond acceptors (Lipinski definition) is 5. The summed E-state index contributed by atoms with van der Waals surface area (Å²) in [5, 5.41) is 38.5. The minimum Gasteiger partial charge on any atom is -0.389 e. The molecule has 0 spiro atoms. The smallest absolute Gasteiger partial charge is 0.278 e. The van der Waals surface area contributed by atoms with Gasteiger partial charge in [-0.2, -0.15) is 5.26 Å². The van der Waals surface area contributed by atoms with Crippen LogP contribution in [0.1, 0.15) is 23.7 Å². The fraction of sp³-hybridized carbons (Fsp3) is 0.364. The molecule has 1 aromatic rings. The predicted octanol–water partition coefficient (Wildman–Crippen LogP) is 1.21. The lowest BCUT2D eigenvalue weighted by Gasteiger charge is -2.16. The quantitative estimate of drug-likeness (QED) is 0.603. The van der Waals surface area contributed by atoms with Crippen LogP contribution in [0.3, 0.4) is 0 Å². The first-order valence-electron chi connectivity index (χ1n) is 4.96. The number of hydrogen-bond donors (Lipinski definition) is 2. The molecule has 0 saturated heterocycles. The van der Waals surface area contributed by atoms with Gasteiger partial charge in [-0.1, -0.05) is 12.1 Å². The number of aryl methyl sites for hydroxylation is 1. The zero-order valence-corrected chi connectivity index (χ0v) is 9.20. The van der Waals surface area contributed by atoms with E-state index in [1.807, 2.05) is 0 Å². The second-order valence-corrected chi connectivity index (χ2v) is 3.64. The fourth-order valence-corrected chi connectivity index (χ4v) is 1.58. The summed E-state index contributed by atoms with van der Waals surface area (Å²) in [7, 11) is 0. The van der Waals surface area contributed by atoms with Crippen molar-refractivity contribution in [3.63, 3.8) is 0 Å². The molecule has 0 fully saturated rings. The first kappa shape index (κ1) is 13.1. The minimum absolute atomic E-state index is 0.0257. The molecule has 0 aromatic heterocycles. The third-order valence-corrected chi connectivity index (χ3v) is 2.44. The lowest BCUT2D eigenvalue weighted by atomic mass is 9.98. The highest BCUT2D eigenvalue weighted by molar-refractivity contribution is 5.48. The lowest BCUT2D eigenvalue weighted by molar-refractivity contribution is -0.386. The van der Waals surface area contributed by atoms with Crippen molar-refractivity contribution < 1.29 is 15.1 Å². The van der Waals surface area contributed by atoms with E-state index in [4.69, 9.17) is 5.26 Å². The van der Waals surface area contributed by atoms with E-state index in [9.17, 15) is 20.3 Å². The highest BCUT2D eigenvalue weighted by Crippen LogP contribution is 2.30. The van der Waals surface area contributed by atoms with E-state index < -0.39 is 17.1 Å². The van der Waals surface area contributed by atoms with Gasteiger partial charge in [0.15, 0.2) is 0 Å². The molecule has 0 aliphatic carbocycles. The molecule has 0 aliphatic rings. The molecule has 2 unspecified atom stereocenters. The predicted molar refractivity (Wildman–Crippen MR) is 59.0 cm³/mol. The molecule has 2 atom stereocenters. The fourth-order valence-electron chi connectivity index (χ4n) is 1.58. The van der Waals surface area contributed by atoms with Crippen molar-refractivity contribution >= 4 is 5.69 Å². The molecule has 0 heterocycles. The molecule has 0 aliphatic heterocycles. The summed E-state index contributed by atoms with van der Waals surface area (Å²) < 4.78 is 0. The van der Waals surface area contributed by atoms with Crippen LogP contribution in [0.2, 0.25) is 0 Å². The topological polar surface area (TPSA) is 107 Å². The van der Waals surface area contributed by atoms with Gasteiger partial charge in [0.05, 0.1) is 29.1 Å². The number of nitrogens with zero attached hydrogens (tertiary/aromatic N) is 2. The van der Waals surface area contributed by atoms with E-state index in [2.05, 4.69) is 0 Å². The van der Waals surface area contributed by atoms with Crippen molar-refractivity contribution in [3.8, 4) is 6.07 Å². The number of aliphatic hydroxyl groups is 2. The van der Waals surface area contributed by atoms with E-state index in [1.54, 1.807) is 25.1 Å². The number of rotatable bonds is 4. The molecule has 90 valence electrons. The van der Waals surface area contributed by atoms with Crippen LogP contribution in [0, 0.1) is 28.4 Å². The van der Waals surface area contributed by atoms with Crippen LogP contribution in [-0.4, -0.2) is 21.2 Å². The summed E-state index contributed by atoms with van der Waals surface area (Å²) in [5.74, 6) is 0. The molecule has 0 radical (unpaired) electrons. The first-order chi connectivity index (χ1) is 7.99. The molecule has 6 heteroatoms. The Kier molecular flexibility index (Phi) is 4.15. The highest BCUT2D eigenvalue weighted by atomic mass is 16.6. The SMILES string of the molecule is Cc1cccc(C(O)C(O)CC#N)c1[N+](=O)[O-]. The average molecular weight is 236 g/mol. The molecule has 0 saturated carbocycles. The summed E-state index contributed by atoms with van der Waals surface area (Å²) in [6, 6.07) is 6.18. The van der Waals surface area contributed by atoms with Crippen LogP contribution < -0.4 is 0 Å². The van der Waals surface area contributed by atoms with Crippen LogP contribution in [0.15, 0.2) is 18.2 Å². The summed E-state index contributed by atoms with van der Waals surface area (Å²) in [4.78, 5) is 10.3. The van der Waals surface area contributed by atoms with Crippen molar-refractivity contribution in [1.29, 1.82) is 5.26 Å². The summed E-state index contributed by atoms with van der Waals surface area (Å²) >= 11 is 0. The van der Waals surface area contributed by atoms with Crippen molar-refractivity contribution in [2.24, 2.45) is 0 Å². The number of nitro benzene ring substituents is 1. The zero-order chi connectivity index (χ0) is 13.0. The van der Waals surface area contributed by atoms with Crippen LogP contribution in [-0.2, 0) is 0 Å². The van der Waals surface area contributed by atoms with E-state index in [-0.39, 0.29) is 17.7 Å². The second kappa shape index (κ2) is 5.39. The van der Waals surface area contributed by atoms with Crippen LogP contribution in [0.4, 0.5) is 5.69 Å². The third-order valence-electron chi connectivity index (χ3n) is 2.44. The Bertz CT molecular complexity index is 467. The maximum absolute atomic E-state index is 10.9. The standard InChI is InChI=1S/C11H12N2O4/c1-7-3-2-4-8(10(7)13(16)17)11(15)9(14)5-6-12/h2-4,9,11,14-15H,5H2,1H3. The van der Waals surface area contributed by atoms with Gasteiger partial charge in [-0.25, -0.2) is 0 Å². The molecule has 0 bridgehead atoms. The normalized spacial score (nSPS) is 13.8. The van der Waals surface area contributed by atoms with Gasteiger partial charge < -0.3 is 10.2 Å². The van der Waals surface area contributed by atoms with E-state index in [1.165, 1.54) is 6.07 Å². The van der Waals surface area contributed by atoms with Gasteiger partial charge in [-0.05, 0) is 13.0 Å². The Morgan fingerprint density at radius 3 is 2.71 bits per heavy atom. The first-order valence-corrected chi connectivity index (χ1v) is 4.96. The molecule has 6 nitrogen and oxygen atoms in total. The molecular weight excluding hydrogens is 224 g/mol. The Hall–Kier alpha value is -1.97.